The van der Waals surface area contributed by atoms with Gasteiger partial charge in [-0.25, -0.2) is 4.39 Å². The second kappa shape index (κ2) is 4.55. The van der Waals surface area contributed by atoms with Gasteiger partial charge in [0.2, 0.25) is 0 Å². The Morgan fingerprint density at radius 3 is 2.79 bits per heavy atom. The number of carbonyl (C=O) groups excluding carboxylic acids is 1. The molecule has 1 rings (SSSR count). The predicted molar refractivity (Wildman–Crippen MR) is 54.3 cm³/mol. The smallest absolute Gasteiger partial charge is 0.302 e. The van der Waals surface area contributed by atoms with Gasteiger partial charge in [-0.15, -0.1) is 0 Å². The van der Waals surface area contributed by atoms with E-state index in [0.29, 0.717) is 4.47 Å². The summed E-state index contributed by atoms with van der Waals surface area (Å²) in [5, 5.41) is 0. The Bertz CT molecular complexity index is 363. The molecular formula is C10H10BrFO2. The molecule has 0 aliphatic rings. The second-order valence-electron chi connectivity index (χ2n) is 2.93. The normalized spacial score (nSPS) is 10.0. The lowest BCUT2D eigenvalue weighted by Gasteiger charge is -2.08. The average molecular weight is 261 g/mol. The molecule has 14 heavy (non-hydrogen) atoms. The van der Waals surface area contributed by atoms with E-state index in [2.05, 4.69) is 15.9 Å². The van der Waals surface area contributed by atoms with Crippen molar-refractivity contribution in [2.24, 2.45) is 0 Å². The summed E-state index contributed by atoms with van der Waals surface area (Å²) in [4.78, 5) is 10.6. The number of hydrogen-bond acceptors (Lipinski definition) is 2. The summed E-state index contributed by atoms with van der Waals surface area (Å²) in [6.45, 7) is 3.29. The molecule has 1 aromatic carbocycles. The van der Waals surface area contributed by atoms with E-state index in [1.54, 1.807) is 13.0 Å². The molecule has 0 unspecified atom stereocenters. The summed E-state index contributed by atoms with van der Waals surface area (Å²) in [7, 11) is 0. The Balaban J connectivity index is 2.88. The molecule has 0 atom stereocenters. The van der Waals surface area contributed by atoms with E-state index in [4.69, 9.17) is 4.74 Å². The van der Waals surface area contributed by atoms with E-state index < -0.39 is 0 Å². The maximum atomic E-state index is 13.0. The van der Waals surface area contributed by atoms with E-state index in [9.17, 15) is 9.18 Å². The van der Waals surface area contributed by atoms with Crippen molar-refractivity contribution in [1.29, 1.82) is 0 Å². The van der Waals surface area contributed by atoms with Crippen LogP contribution in [0.15, 0.2) is 16.6 Å². The predicted octanol–water partition coefficient (Wildman–Crippen LogP) is 2.96. The van der Waals surface area contributed by atoms with Crippen LogP contribution in [0.5, 0.6) is 0 Å². The Hall–Kier alpha value is -0.900. The van der Waals surface area contributed by atoms with Gasteiger partial charge in [0.25, 0.3) is 0 Å². The van der Waals surface area contributed by atoms with Crippen LogP contribution in [0.25, 0.3) is 0 Å². The molecule has 0 saturated heterocycles. The molecule has 0 aromatic heterocycles. The van der Waals surface area contributed by atoms with Crippen LogP contribution in [0, 0.1) is 12.7 Å². The zero-order valence-corrected chi connectivity index (χ0v) is 9.52. The fraction of sp³-hybridized carbons (Fsp3) is 0.300. The van der Waals surface area contributed by atoms with E-state index >= 15 is 0 Å². The van der Waals surface area contributed by atoms with Crippen LogP contribution in [0.3, 0.4) is 0 Å². The average Bonchev–Trinajstić information content (AvgIpc) is 2.13. The molecule has 0 aliphatic heterocycles. The molecule has 0 aliphatic carbocycles. The Labute approximate surface area is 90.2 Å². The lowest BCUT2D eigenvalue weighted by Crippen LogP contribution is -2.01. The first-order valence-electron chi connectivity index (χ1n) is 4.09. The fourth-order valence-electron chi connectivity index (χ4n) is 1.03. The van der Waals surface area contributed by atoms with Gasteiger partial charge in [-0.05, 0) is 40.0 Å². The molecule has 0 heterocycles. The monoisotopic (exact) mass is 260 g/mol. The summed E-state index contributed by atoms with van der Waals surface area (Å²) in [5.74, 6) is -0.654. The standard InChI is InChI=1S/C10H10BrFO2/c1-6-8(5-14-7(2)13)3-4-9(12)10(6)11/h3-4H,5H2,1-2H3. The van der Waals surface area contributed by atoms with Crippen molar-refractivity contribution < 1.29 is 13.9 Å². The second-order valence-corrected chi connectivity index (χ2v) is 3.72. The van der Waals surface area contributed by atoms with Crippen LogP contribution in [-0.2, 0) is 16.1 Å². The number of hydrogen-bond donors (Lipinski definition) is 0. The fourth-order valence-corrected chi connectivity index (χ4v) is 1.41. The largest absolute Gasteiger partial charge is 0.461 e. The quantitative estimate of drug-likeness (QED) is 0.765. The summed E-state index contributed by atoms with van der Waals surface area (Å²) in [6, 6.07) is 2.95. The van der Waals surface area contributed by atoms with Crippen LogP contribution in [0.2, 0.25) is 0 Å². The van der Waals surface area contributed by atoms with Crippen molar-refractivity contribution in [3.63, 3.8) is 0 Å². The van der Waals surface area contributed by atoms with E-state index in [-0.39, 0.29) is 18.4 Å². The molecule has 0 radical (unpaired) electrons. The van der Waals surface area contributed by atoms with Gasteiger partial charge in [-0.2, -0.15) is 0 Å². The third-order valence-corrected chi connectivity index (χ3v) is 2.86. The van der Waals surface area contributed by atoms with Crippen LogP contribution in [0.4, 0.5) is 4.39 Å². The highest BCUT2D eigenvalue weighted by molar-refractivity contribution is 9.10. The number of esters is 1. The maximum Gasteiger partial charge on any atom is 0.302 e. The molecular weight excluding hydrogens is 251 g/mol. The summed E-state index contributed by atoms with van der Waals surface area (Å²) >= 11 is 3.12. The molecule has 0 spiro atoms. The van der Waals surface area contributed by atoms with Crippen molar-refractivity contribution in [3.05, 3.63) is 33.5 Å². The van der Waals surface area contributed by atoms with Gasteiger partial charge in [0.15, 0.2) is 0 Å². The van der Waals surface area contributed by atoms with Crippen LogP contribution >= 0.6 is 15.9 Å². The van der Waals surface area contributed by atoms with Gasteiger partial charge in [0.1, 0.15) is 12.4 Å². The topological polar surface area (TPSA) is 26.3 Å². The molecule has 0 bridgehead atoms. The highest BCUT2D eigenvalue weighted by atomic mass is 79.9. The molecule has 2 nitrogen and oxygen atoms in total. The van der Waals surface area contributed by atoms with Gasteiger partial charge < -0.3 is 4.74 Å². The SMILES string of the molecule is CC(=O)OCc1ccc(F)c(Br)c1C. The Morgan fingerprint density at radius 2 is 2.21 bits per heavy atom. The maximum absolute atomic E-state index is 13.0. The van der Waals surface area contributed by atoms with Gasteiger partial charge in [0.05, 0.1) is 4.47 Å². The number of rotatable bonds is 2. The summed E-state index contributed by atoms with van der Waals surface area (Å²) < 4.78 is 18.2. The third-order valence-electron chi connectivity index (χ3n) is 1.88. The number of ether oxygens (including phenoxy) is 1. The number of halogens is 2. The minimum atomic E-state index is -0.343. The molecule has 0 saturated carbocycles. The Kier molecular flexibility index (Phi) is 3.63. The molecule has 76 valence electrons. The van der Waals surface area contributed by atoms with E-state index in [1.807, 2.05) is 0 Å². The van der Waals surface area contributed by atoms with Crippen molar-refractivity contribution >= 4 is 21.9 Å². The summed E-state index contributed by atoms with van der Waals surface area (Å²) in [5.41, 5.74) is 1.56. The lowest BCUT2D eigenvalue weighted by atomic mass is 10.1. The minimum absolute atomic E-state index is 0.181. The van der Waals surface area contributed by atoms with Crippen molar-refractivity contribution in [2.75, 3.05) is 0 Å². The van der Waals surface area contributed by atoms with Crippen molar-refractivity contribution in [1.82, 2.24) is 0 Å². The van der Waals surface area contributed by atoms with Crippen LogP contribution < -0.4 is 0 Å². The van der Waals surface area contributed by atoms with Crippen molar-refractivity contribution in [3.8, 4) is 0 Å². The zero-order valence-electron chi connectivity index (χ0n) is 7.93. The van der Waals surface area contributed by atoms with Gasteiger partial charge in [-0.3, -0.25) is 4.79 Å². The molecule has 0 N–H and O–H groups in total. The highest BCUT2D eigenvalue weighted by Gasteiger charge is 2.07. The zero-order chi connectivity index (χ0) is 10.7. The third kappa shape index (κ3) is 2.54. The first-order valence-corrected chi connectivity index (χ1v) is 4.88. The molecule has 4 heteroatoms. The molecule has 0 fully saturated rings. The van der Waals surface area contributed by atoms with Gasteiger partial charge in [-0.1, -0.05) is 6.07 Å². The van der Waals surface area contributed by atoms with Crippen LogP contribution in [-0.4, -0.2) is 5.97 Å². The minimum Gasteiger partial charge on any atom is -0.461 e. The first-order chi connectivity index (χ1) is 6.52. The van der Waals surface area contributed by atoms with Gasteiger partial charge >= 0.3 is 5.97 Å². The number of benzene rings is 1. The lowest BCUT2D eigenvalue weighted by molar-refractivity contribution is -0.142. The van der Waals surface area contributed by atoms with Crippen LogP contribution in [0.1, 0.15) is 18.1 Å². The highest BCUT2D eigenvalue weighted by Crippen LogP contribution is 2.23. The van der Waals surface area contributed by atoms with Gasteiger partial charge in [0, 0.05) is 6.92 Å². The first kappa shape index (κ1) is 11.2. The number of carbonyl (C=O) groups is 1. The van der Waals surface area contributed by atoms with E-state index in [1.165, 1.54) is 13.0 Å². The van der Waals surface area contributed by atoms with E-state index in [0.717, 1.165) is 11.1 Å². The molecule has 0 amide bonds. The van der Waals surface area contributed by atoms with Crippen molar-refractivity contribution in [2.45, 2.75) is 20.5 Å². The molecule has 1 aromatic rings. The Morgan fingerprint density at radius 1 is 1.57 bits per heavy atom. The summed E-state index contributed by atoms with van der Waals surface area (Å²) in [6.07, 6.45) is 0.